The number of anilines is 3. The van der Waals surface area contributed by atoms with Gasteiger partial charge < -0.3 is 13.9 Å². The van der Waals surface area contributed by atoms with Gasteiger partial charge in [-0.1, -0.05) is 115 Å². The maximum absolute atomic E-state index is 9.54. The Morgan fingerprint density at radius 3 is 2.04 bits per heavy atom. The van der Waals surface area contributed by atoms with Gasteiger partial charge >= 0.3 is 0 Å². The molecular formula is C46H30N2O. The lowest BCUT2D eigenvalue weighted by atomic mass is 10.0. The van der Waals surface area contributed by atoms with Gasteiger partial charge in [0, 0.05) is 38.6 Å². The number of benzene rings is 8. The van der Waals surface area contributed by atoms with E-state index in [0.717, 1.165) is 54.6 Å². The van der Waals surface area contributed by atoms with Gasteiger partial charge in [0.05, 0.1) is 27.6 Å². The Balaban J connectivity index is 1.31. The topological polar surface area (TPSA) is 21.3 Å². The Morgan fingerprint density at radius 1 is 0.490 bits per heavy atom. The van der Waals surface area contributed by atoms with Crippen molar-refractivity contribution in [2.45, 2.75) is 0 Å². The number of nitrogens with zero attached hydrogens (tertiary/aromatic N) is 2. The van der Waals surface area contributed by atoms with E-state index in [1.165, 1.54) is 0 Å². The standard InChI is InChI=1S/C46H30N2O/c1-3-12-31(13-4-1)32-22-25-35(26-23-32)47(43-20-11-21-44-45(43)39-28-24-33-14-7-8-17-37(33)46(39)49-44)36-27-29-42-40(30-36)38-18-9-10-19-41(38)48(42)34-15-5-2-6-16-34/h1-30H/i22D,23D,25D,26D. The molecule has 0 saturated heterocycles. The Bertz CT molecular complexity index is 3030. The lowest BCUT2D eigenvalue weighted by molar-refractivity contribution is 0.672. The van der Waals surface area contributed by atoms with Crippen molar-refractivity contribution in [3.05, 3.63) is 182 Å². The molecule has 0 fully saturated rings. The zero-order valence-electron chi connectivity index (χ0n) is 30.3. The molecular weight excluding hydrogens is 597 g/mol. The summed E-state index contributed by atoms with van der Waals surface area (Å²) in [5.74, 6) is 0. The van der Waals surface area contributed by atoms with Crippen molar-refractivity contribution in [1.29, 1.82) is 0 Å². The SMILES string of the molecule is [2H]c1c([2H])c(N(c2ccc3c(c2)c2ccccc2n3-c2ccccc2)c2cccc3oc4c5ccccc5ccc4c23)c([2H])c([2H])c1-c1ccccc1. The van der Waals surface area contributed by atoms with Crippen molar-refractivity contribution in [2.24, 2.45) is 0 Å². The lowest BCUT2D eigenvalue weighted by Gasteiger charge is -2.26. The fraction of sp³-hybridized carbons (Fsp3) is 0. The zero-order valence-corrected chi connectivity index (χ0v) is 26.3. The number of hydrogen-bond acceptors (Lipinski definition) is 2. The first kappa shape index (κ1) is 23.7. The molecule has 3 nitrogen and oxygen atoms in total. The molecule has 2 heterocycles. The molecule has 0 N–H and O–H groups in total. The number of rotatable bonds is 5. The van der Waals surface area contributed by atoms with E-state index < -0.39 is 0 Å². The number of hydrogen-bond donors (Lipinski definition) is 0. The normalized spacial score (nSPS) is 12.8. The Kier molecular flexibility index (Phi) is 5.32. The fourth-order valence-corrected chi connectivity index (χ4v) is 7.23. The molecule has 0 bridgehead atoms. The first-order valence-corrected chi connectivity index (χ1v) is 16.4. The molecule has 0 atom stereocenters. The van der Waals surface area contributed by atoms with Crippen LogP contribution in [0.15, 0.2) is 186 Å². The molecule has 8 aromatic carbocycles. The van der Waals surface area contributed by atoms with E-state index in [4.69, 9.17) is 4.42 Å². The van der Waals surface area contributed by atoms with Gasteiger partial charge in [-0.15, -0.1) is 0 Å². The first-order valence-electron chi connectivity index (χ1n) is 18.4. The molecule has 0 unspecified atom stereocenters. The summed E-state index contributed by atoms with van der Waals surface area (Å²) in [7, 11) is 0. The summed E-state index contributed by atoms with van der Waals surface area (Å²) in [6, 6.07) is 51.6. The van der Waals surface area contributed by atoms with Crippen LogP contribution in [-0.4, -0.2) is 4.57 Å². The predicted molar refractivity (Wildman–Crippen MR) is 206 cm³/mol. The van der Waals surface area contributed by atoms with Gasteiger partial charge in [0.15, 0.2) is 0 Å². The predicted octanol–water partition coefficient (Wildman–Crippen LogP) is 13.0. The average molecular weight is 631 g/mol. The molecule has 0 radical (unpaired) electrons. The molecule has 49 heavy (non-hydrogen) atoms. The molecule has 0 amide bonds. The van der Waals surface area contributed by atoms with Crippen LogP contribution in [0.3, 0.4) is 0 Å². The number of fused-ring (bicyclic) bond motifs is 8. The molecule has 10 rings (SSSR count). The van der Waals surface area contributed by atoms with Crippen LogP contribution in [0, 0.1) is 0 Å². The number of para-hydroxylation sites is 2. The molecule has 0 aliphatic rings. The largest absolute Gasteiger partial charge is 0.455 e. The van der Waals surface area contributed by atoms with E-state index >= 15 is 0 Å². The number of aromatic nitrogens is 1. The Hall–Kier alpha value is -6.58. The molecule has 0 saturated carbocycles. The van der Waals surface area contributed by atoms with E-state index in [1.54, 1.807) is 0 Å². The Labute approximate surface area is 289 Å². The van der Waals surface area contributed by atoms with Gasteiger partial charge in [0.1, 0.15) is 11.2 Å². The summed E-state index contributed by atoms with van der Waals surface area (Å²) in [5.41, 5.74) is 6.98. The Morgan fingerprint density at radius 2 is 1.20 bits per heavy atom. The van der Waals surface area contributed by atoms with E-state index in [0.29, 0.717) is 22.5 Å². The maximum atomic E-state index is 9.54. The van der Waals surface area contributed by atoms with Gasteiger partial charge in [-0.05, 0) is 83.2 Å². The second kappa shape index (κ2) is 11.0. The minimum absolute atomic E-state index is 0.103. The molecule has 0 aliphatic carbocycles. The third-order valence-electron chi connectivity index (χ3n) is 9.43. The summed E-state index contributed by atoms with van der Waals surface area (Å²) < 4.78 is 46.5. The van der Waals surface area contributed by atoms with Crippen molar-refractivity contribution < 1.29 is 9.90 Å². The minimum atomic E-state index is -0.132. The van der Waals surface area contributed by atoms with E-state index in [-0.39, 0.29) is 35.4 Å². The molecule has 10 aromatic rings. The molecule has 0 spiro atoms. The molecule has 3 heteroatoms. The summed E-state index contributed by atoms with van der Waals surface area (Å²) >= 11 is 0. The van der Waals surface area contributed by atoms with Crippen LogP contribution in [0.2, 0.25) is 0 Å². The van der Waals surface area contributed by atoms with Crippen molar-refractivity contribution in [1.82, 2.24) is 4.57 Å². The van der Waals surface area contributed by atoms with Crippen LogP contribution in [0.25, 0.3) is 71.3 Å². The first-order chi connectivity index (χ1) is 26.0. The highest BCUT2D eigenvalue weighted by Crippen LogP contribution is 2.46. The molecule has 0 aliphatic heterocycles. The zero-order chi connectivity index (χ0) is 35.8. The highest BCUT2D eigenvalue weighted by Gasteiger charge is 2.22. The lowest BCUT2D eigenvalue weighted by Crippen LogP contribution is -2.10. The van der Waals surface area contributed by atoms with Crippen molar-refractivity contribution in [2.75, 3.05) is 4.90 Å². The summed E-state index contributed by atoms with van der Waals surface area (Å²) in [6.07, 6.45) is 0. The summed E-state index contributed by atoms with van der Waals surface area (Å²) in [4.78, 5) is 1.88. The van der Waals surface area contributed by atoms with Crippen molar-refractivity contribution in [3.8, 4) is 16.8 Å². The van der Waals surface area contributed by atoms with Crippen LogP contribution >= 0.6 is 0 Å². The smallest absolute Gasteiger partial charge is 0.143 e. The molecule has 2 aromatic heterocycles. The highest BCUT2D eigenvalue weighted by molar-refractivity contribution is 6.20. The average Bonchev–Trinajstić information content (AvgIpc) is 3.76. The van der Waals surface area contributed by atoms with Crippen LogP contribution in [0.1, 0.15) is 5.48 Å². The fourth-order valence-electron chi connectivity index (χ4n) is 7.23. The van der Waals surface area contributed by atoms with Crippen LogP contribution < -0.4 is 4.90 Å². The van der Waals surface area contributed by atoms with Crippen molar-refractivity contribution in [3.63, 3.8) is 0 Å². The van der Waals surface area contributed by atoms with E-state index in [9.17, 15) is 5.48 Å². The van der Waals surface area contributed by atoms with Gasteiger partial charge in [-0.2, -0.15) is 0 Å². The van der Waals surface area contributed by atoms with Gasteiger partial charge in [-0.3, -0.25) is 0 Å². The van der Waals surface area contributed by atoms with Gasteiger partial charge in [0.2, 0.25) is 0 Å². The summed E-state index contributed by atoms with van der Waals surface area (Å²) in [6.45, 7) is 0. The van der Waals surface area contributed by atoms with E-state index in [1.807, 2.05) is 102 Å². The highest BCUT2D eigenvalue weighted by atomic mass is 16.3. The molecule has 230 valence electrons. The van der Waals surface area contributed by atoms with Gasteiger partial charge in [0.25, 0.3) is 0 Å². The quantitative estimate of drug-likeness (QED) is 0.189. The van der Waals surface area contributed by atoms with Crippen LogP contribution in [-0.2, 0) is 0 Å². The van der Waals surface area contributed by atoms with Gasteiger partial charge in [-0.25, -0.2) is 0 Å². The summed E-state index contributed by atoms with van der Waals surface area (Å²) in [5, 5.41) is 5.84. The second-order valence-corrected chi connectivity index (χ2v) is 12.2. The van der Waals surface area contributed by atoms with Crippen LogP contribution in [0.5, 0.6) is 0 Å². The van der Waals surface area contributed by atoms with Crippen molar-refractivity contribution >= 4 is 71.6 Å². The minimum Gasteiger partial charge on any atom is -0.455 e. The second-order valence-electron chi connectivity index (χ2n) is 12.2. The monoisotopic (exact) mass is 630 g/mol. The van der Waals surface area contributed by atoms with E-state index in [2.05, 4.69) is 65.2 Å². The number of furan rings is 1. The third kappa shape index (κ3) is 4.37. The third-order valence-corrected chi connectivity index (χ3v) is 9.43. The maximum Gasteiger partial charge on any atom is 0.143 e. The van der Waals surface area contributed by atoms with Crippen LogP contribution in [0.4, 0.5) is 17.1 Å².